The van der Waals surface area contributed by atoms with Crippen molar-refractivity contribution < 1.29 is 9.21 Å². The van der Waals surface area contributed by atoms with E-state index in [4.69, 9.17) is 10.2 Å². The second-order valence-electron chi connectivity index (χ2n) is 5.41. The van der Waals surface area contributed by atoms with E-state index in [1.54, 1.807) is 0 Å². The molecule has 0 aliphatic carbocycles. The number of unbranched alkanes of at least 4 members (excludes halogenated alkanes) is 1. The SMILES string of the molecule is CCc1nnc([C@H](CCCCN)NC(=O)N2CCNCC2)o1. The quantitative estimate of drug-likeness (QED) is 0.630. The minimum absolute atomic E-state index is 0.0736. The first-order valence-electron chi connectivity index (χ1n) is 8.03. The fourth-order valence-electron chi connectivity index (χ4n) is 2.41. The highest BCUT2D eigenvalue weighted by Gasteiger charge is 2.24. The predicted octanol–water partition coefficient (Wildman–Crippen LogP) is 0.417. The third-order valence-electron chi connectivity index (χ3n) is 3.73. The molecule has 0 radical (unpaired) electrons. The van der Waals surface area contributed by atoms with Crippen LogP contribution in [0.15, 0.2) is 4.42 Å². The van der Waals surface area contributed by atoms with Crippen LogP contribution in [0.1, 0.15) is 44.0 Å². The van der Waals surface area contributed by atoms with Crippen LogP contribution < -0.4 is 16.4 Å². The summed E-state index contributed by atoms with van der Waals surface area (Å²) in [5, 5.41) is 14.3. The summed E-state index contributed by atoms with van der Waals surface area (Å²) < 4.78 is 5.61. The predicted molar refractivity (Wildman–Crippen MR) is 82.3 cm³/mol. The number of amides is 2. The number of nitrogens with two attached hydrogens (primary N) is 1. The lowest BCUT2D eigenvalue weighted by Gasteiger charge is -2.29. The number of aromatic nitrogens is 2. The molecular formula is C14H26N6O2. The summed E-state index contributed by atoms with van der Waals surface area (Å²) in [6, 6.07) is -0.322. The van der Waals surface area contributed by atoms with Crippen molar-refractivity contribution in [3.8, 4) is 0 Å². The van der Waals surface area contributed by atoms with Crippen molar-refractivity contribution in [2.75, 3.05) is 32.7 Å². The maximum Gasteiger partial charge on any atom is 0.318 e. The molecule has 0 bridgehead atoms. The number of hydrogen-bond donors (Lipinski definition) is 3. The zero-order chi connectivity index (χ0) is 15.8. The molecule has 124 valence electrons. The number of nitrogens with zero attached hydrogens (tertiary/aromatic N) is 3. The number of aryl methyl sites for hydroxylation is 1. The molecule has 8 heteroatoms. The maximum atomic E-state index is 12.4. The van der Waals surface area contributed by atoms with Gasteiger partial charge in [-0.25, -0.2) is 4.79 Å². The average Bonchev–Trinajstić information content (AvgIpc) is 3.04. The largest absolute Gasteiger partial charge is 0.423 e. The van der Waals surface area contributed by atoms with Crippen molar-refractivity contribution in [2.24, 2.45) is 5.73 Å². The Labute approximate surface area is 130 Å². The minimum Gasteiger partial charge on any atom is -0.423 e. The van der Waals surface area contributed by atoms with Gasteiger partial charge in [0.1, 0.15) is 6.04 Å². The molecule has 1 fully saturated rings. The van der Waals surface area contributed by atoms with Gasteiger partial charge in [0.15, 0.2) is 0 Å². The number of carbonyl (C=O) groups excluding carboxylic acids is 1. The summed E-state index contributed by atoms with van der Waals surface area (Å²) in [7, 11) is 0. The van der Waals surface area contributed by atoms with Crippen molar-refractivity contribution in [1.29, 1.82) is 0 Å². The topological polar surface area (TPSA) is 109 Å². The molecule has 0 saturated carbocycles. The highest BCUT2D eigenvalue weighted by molar-refractivity contribution is 5.74. The van der Waals surface area contributed by atoms with Gasteiger partial charge >= 0.3 is 6.03 Å². The lowest BCUT2D eigenvalue weighted by atomic mass is 10.1. The van der Waals surface area contributed by atoms with E-state index < -0.39 is 0 Å². The van der Waals surface area contributed by atoms with Gasteiger partial charge in [0.25, 0.3) is 0 Å². The van der Waals surface area contributed by atoms with E-state index in [1.165, 1.54) is 0 Å². The van der Waals surface area contributed by atoms with E-state index in [0.717, 1.165) is 32.4 Å². The highest BCUT2D eigenvalue weighted by atomic mass is 16.4. The monoisotopic (exact) mass is 310 g/mol. The van der Waals surface area contributed by atoms with Gasteiger partial charge in [-0.3, -0.25) is 0 Å². The maximum absolute atomic E-state index is 12.4. The first kappa shape index (κ1) is 16.7. The lowest BCUT2D eigenvalue weighted by molar-refractivity contribution is 0.182. The second-order valence-corrected chi connectivity index (χ2v) is 5.41. The van der Waals surface area contributed by atoms with Crippen LogP contribution in [0.3, 0.4) is 0 Å². The normalized spacial score (nSPS) is 16.5. The van der Waals surface area contributed by atoms with Gasteiger partial charge in [0, 0.05) is 32.6 Å². The van der Waals surface area contributed by atoms with Crippen molar-refractivity contribution in [3.63, 3.8) is 0 Å². The Morgan fingerprint density at radius 1 is 1.41 bits per heavy atom. The van der Waals surface area contributed by atoms with E-state index in [0.29, 0.717) is 37.8 Å². The van der Waals surface area contributed by atoms with Crippen LogP contribution in [0.5, 0.6) is 0 Å². The lowest BCUT2D eigenvalue weighted by Crippen LogP contribution is -2.50. The molecule has 22 heavy (non-hydrogen) atoms. The second kappa shape index (κ2) is 8.70. The highest BCUT2D eigenvalue weighted by Crippen LogP contribution is 2.19. The molecule has 1 aliphatic heterocycles. The van der Waals surface area contributed by atoms with E-state index in [1.807, 2.05) is 11.8 Å². The van der Waals surface area contributed by atoms with Gasteiger partial charge < -0.3 is 25.7 Å². The van der Waals surface area contributed by atoms with Crippen molar-refractivity contribution in [3.05, 3.63) is 11.8 Å². The molecule has 0 spiro atoms. The fraction of sp³-hybridized carbons (Fsp3) is 0.786. The molecule has 4 N–H and O–H groups in total. The molecule has 0 aromatic carbocycles. The van der Waals surface area contributed by atoms with Crippen LogP contribution in [0, 0.1) is 0 Å². The zero-order valence-electron chi connectivity index (χ0n) is 13.2. The average molecular weight is 310 g/mol. The molecule has 2 amide bonds. The van der Waals surface area contributed by atoms with Crippen molar-refractivity contribution >= 4 is 6.03 Å². The van der Waals surface area contributed by atoms with Gasteiger partial charge in [-0.1, -0.05) is 6.92 Å². The molecule has 1 aliphatic rings. The summed E-state index contributed by atoms with van der Waals surface area (Å²) in [5.74, 6) is 1.08. The van der Waals surface area contributed by atoms with E-state index in [-0.39, 0.29) is 12.1 Å². The third-order valence-corrected chi connectivity index (χ3v) is 3.73. The van der Waals surface area contributed by atoms with Crippen LogP contribution in [0.25, 0.3) is 0 Å². The van der Waals surface area contributed by atoms with Gasteiger partial charge in [-0.2, -0.15) is 0 Å². The Balaban J connectivity index is 1.98. The summed E-state index contributed by atoms with van der Waals surface area (Å²) in [5.41, 5.74) is 5.54. The molecule has 2 rings (SSSR count). The summed E-state index contributed by atoms with van der Waals surface area (Å²) in [6.07, 6.45) is 3.26. The Hall–Kier alpha value is -1.67. The standard InChI is InChI=1S/C14H26N6O2/c1-2-12-18-19-13(22-12)11(5-3-4-6-15)17-14(21)20-9-7-16-8-10-20/h11,16H,2-10,15H2,1H3,(H,17,21)/t11-/m0/s1. The van der Waals surface area contributed by atoms with Crippen LogP contribution >= 0.6 is 0 Å². The van der Waals surface area contributed by atoms with E-state index >= 15 is 0 Å². The van der Waals surface area contributed by atoms with Gasteiger partial charge in [0.2, 0.25) is 11.8 Å². The number of nitrogens with one attached hydrogen (secondary N) is 2. The number of carbonyl (C=O) groups is 1. The van der Waals surface area contributed by atoms with E-state index in [2.05, 4.69) is 20.8 Å². The van der Waals surface area contributed by atoms with Crippen LogP contribution in [-0.2, 0) is 6.42 Å². The first-order chi connectivity index (χ1) is 10.7. The number of urea groups is 1. The Kier molecular flexibility index (Phi) is 6.60. The van der Waals surface area contributed by atoms with E-state index in [9.17, 15) is 4.79 Å². The molecule has 1 saturated heterocycles. The molecular weight excluding hydrogens is 284 g/mol. The first-order valence-corrected chi connectivity index (χ1v) is 8.03. The third kappa shape index (κ3) is 4.67. The van der Waals surface area contributed by atoms with Crippen molar-refractivity contribution in [1.82, 2.24) is 25.7 Å². The Bertz CT molecular complexity index is 458. The van der Waals surface area contributed by atoms with Crippen molar-refractivity contribution in [2.45, 2.75) is 38.6 Å². The Morgan fingerprint density at radius 2 is 2.18 bits per heavy atom. The molecule has 1 aromatic heterocycles. The van der Waals surface area contributed by atoms with Gasteiger partial charge in [0.05, 0.1) is 0 Å². The number of hydrogen-bond acceptors (Lipinski definition) is 6. The van der Waals surface area contributed by atoms with Crippen LogP contribution in [-0.4, -0.2) is 53.9 Å². The molecule has 2 heterocycles. The molecule has 0 unspecified atom stereocenters. The van der Waals surface area contributed by atoms with Gasteiger partial charge in [-0.15, -0.1) is 10.2 Å². The van der Waals surface area contributed by atoms with Crippen LogP contribution in [0.4, 0.5) is 4.79 Å². The van der Waals surface area contributed by atoms with Gasteiger partial charge in [-0.05, 0) is 25.8 Å². The summed E-state index contributed by atoms with van der Waals surface area (Å²) in [6.45, 7) is 5.68. The summed E-state index contributed by atoms with van der Waals surface area (Å²) in [4.78, 5) is 14.2. The zero-order valence-corrected chi connectivity index (χ0v) is 13.2. The fourth-order valence-corrected chi connectivity index (χ4v) is 2.41. The molecule has 1 aromatic rings. The number of rotatable bonds is 7. The summed E-state index contributed by atoms with van der Waals surface area (Å²) >= 11 is 0. The van der Waals surface area contributed by atoms with Crippen LogP contribution in [0.2, 0.25) is 0 Å². The number of piperazine rings is 1. The Morgan fingerprint density at radius 3 is 2.82 bits per heavy atom. The molecule has 1 atom stereocenters. The smallest absolute Gasteiger partial charge is 0.318 e. The minimum atomic E-state index is -0.248. The molecule has 8 nitrogen and oxygen atoms in total.